The molecule has 1 aromatic heterocycles. The lowest BCUT2D eigenvalue weighted by Gasteiger charge is -2.10. The number of hydrogen-bond donors (Lipinski definition) is 1. The zero-order valence-corrected chi connectivity index (χ0v) is 9.64. The van der Waals surface area contributed by atoms with Crippen LogP contribution in [0.25, 0.3) is 0 Å². The van der Waals surface area contributed by atoms with Crippen molar-refractivity contribution in [1.82, 2.24) is 9.78 Å². The second-order valence-electron chi connectivity index (χ2n) is 4.32. The smallest absolute Gasteiger partial charge is 0.187 e. The third kappa shape index (κ3) is 1.82. The second kappa shape index (κ2) is 4.25. The first kappa shape index (κ1) is 11.1. The van der Waals surface area contributed by atoms with Crippen molar-refractivity contribution in [2.24, 2.45) is 18.7 Å². The van der Waals surface area contributed by atoms with E-state index in [0.29, 0.717) is 11.4 Å². The summed E-state index contributed by atoms with van der Waals surface area (Å²) in [6.07, 6.45) is 4.14. The molecule has 0 saturated heterocycles. The molecule has 1 aliphatic carbocycles. The maximum absolute atomic E-state index is 12.3. The van der Waals surface area contributed by atoms with Gasteiger partial charge < -0.3 is 10.5 Å². The number of Topliss-reactive ketones (excluding diaryl/α,β-unsaturated/α-hetero) is 1. The van der Waals surface area contributed by atoms with Gasteiger partial charge in [-0.05, 0) is 19.3 Å². The largest absolute Gasteiger partial charge is 0.493 e. The number of aryl methyl sites for hydroxylation is 1. The molecule has 1 aliphatic rings. The van der Waals surface area contributed by atoms with Crippen molar-refractivity contribution in [2.75, 3.05) is 7.11 Å². The van der Waals surface area contributed by atoms with Gasteiger partial charge in [-0.15, -0.1) is 0 Å². The predicted octanol–water partition coefficient (Wildman–Crippen LogP) is 0.739. The summed E-state index contributed by atoms with van der Waals surface area (Å²) in [5.41, 5.74) is 6.38. The number of aromatic nitrogens is 2. The number of carbonyl (C=O) groups is 1. The Balaban J connectivity index is 2.23. The van der Waals surface area contributed by atoms with Gasteiger partial charge in [0.15, 0.2) is 11.5 Å². The highest BCUT2D eigenvalue weighted by atomic mass is 16.5. The standard InChI is InChI=1S/C11H17N3O2/c1-14-10(9(16-2)6-13-14)11(15)7-3-4-8(12)5-7/h6-8H,3-5,12H2,1-2H3. The van der Waals surface area contributed by atoms with Crippen LogP contribution in [0, 0.1) is 5.92 Å². The first-order valence-corrected chi connectivity index (χ1v) is 5.49. The van der Waals surface area contributed by atoms with Gasteiger partial charge in [0, 0.05) is 19.0 Å². The number of rotatable bonds is 3. The minimum absolute atomic E-state index is 0.0271. The summed E-state index contributed by atoms with van der Waals surface area (Å²) in [6.45, 7) is 0. The summed E-state index contributed by atoms with van der Waals surface area (Å²) in [7, 11) is 3.30. The molecule has 5 nitrogen and oxygen atoms in total. The number of ketones is 1. The van der Waals surface area contributed by atoms with E-state index in [2.05, 4.69) is 5.10 Å². The van der Waals surface area contributed by atoms with E-state index >= 15 is 0 Å². The molecule has 2 unspecified atom stereocenters. The lowest BCUT2D eigenvalue weighted by molar-refractivity contribution is 0.0909. The van der Waals surface area contributed by atoms with Crippen molar-refractivity contribution in [3.63, 3.8) is 0 Å². The summed E-state index contributed by atoms with van der Waals surface area (Å²) in [6, 6.07) is 0.160. The van der Waals surface area contributed by atoms with E-state index in [-0.39, 0.29) is 17.7 Å². The molecule has 16 heavy (non-hydrogen) atoms. The molecule has 1 saturated carbocycles. The van der Waals surface area contributed by atoms with Gasteiger partial charge in [-0.25, -0.2) is 0 Å². The Morgan fingerprint density at radius 1 is 1.62 bits per heavy atom. The lowest BCUT2D eigenvalue weighted by atomic mass is 9.99. The lowest BCUT2D eigenvalue weighted by Crippen LogP contribution is -2.20. The molecule has 2 rings (SSSR count). The molecule has 0 aromatic carbocycles. The van der Waals surface area contributed by atoms with Crippen LogP contribution in [0.5, 0.6) is 5.75 Å². The third-order valence-electron chi connectivity index (χ3n) is 3.20. The SMILES string of the molecule is COc1cnn(C)c1C(=O)C1CCC(N)C1. The van der Waals surface area contributed by atoms with Crippen molar-refractivity contribution in [3.8, 4) is 5.75 Å². The van der Waals surface area contributed by atoms with Gasteiger partial charge in [-0.1, -0.05) is 0 Å². The molecular weight excluding hydrogens is 206 g/mol. The van der Waals surface area contributed by atoms with E-state index in [1.54, 1.807) is 25.0 Å². The Bertz CT molecular complexity index is 400. The first-order valence-electron chi connectivity index (χ1n) is 5.49. The van der Waals surface area contributed by atoms with Crippen molar-refractivity contribution < 1.29 is 9.53 Å². The summed E-state index contributed by atoms with van der Waals surface area (Å²) >= 11 is 0. The first-order chi connectivity index (χ1) is 7.63. The number of nitrogens with two attached hydrogens (primary N) is 1. The summed E-state index contributed by atoms with van der Waals surface area (Å²) in [5, 5.41) is 4.04. The maximum atomic E-state index is 12.3. The molecule has 2 atom stereocenters. The Labute approximate surface area is 94.6 Å². The van der Waals surface area contributed by atoms with E-state index in [4.69, 9.17) is 10.5 Å². The number of ether oxygens (including phenoxy) is 1. The van der Waals surface area contributed by atoms with Gasteiger partial charge in [-0.2, -0.15) is 5.10 Å². The molecule has 5 heteroatoms. The zero-order chi connectivity index (χ0) is 11.7. The van der Waals surface area contributed by atoms with Crippen LogP contribution in [-0.2, 0) is 7.05 Å². The molecule has 1 heterocycles. The van der Waals surface area contributed by atoms with E-state index in [1.165, 1.54) is 0 Å². The van der Waals surface area contributed by atoms with E-state index in [9.17, 15) is 4.79 Å². The highest BCUT2D eigenvalue weighted by Crippen LogP contribution is 2.30. The second-order valence-corrected chi connectivity index (χ2v) is 4.32. The van der Waals surface area contributed by atoms with Crippen molar-refractivity contribution in [1.29, 1.82) is 0 Å². The number of carbonyl (C=O) groups excluding carboxylic acids is 1. The van der Waals surface area contributed by atoms with Crippen LogP contribution < -0.4 is 10.5 Å². The highest BCUT2D eigenvalue weighted by Gasteiger charge is 2.31. The van der Waals surface area contributed by atoms with Crippen molar-refractivity contribution >= 4 is 5.78 Å². The van der Waals surface area contributed by atoms with Gasteiger partial charge in [0.1, 0.15) is 5.69 Å². The minimum Gasteiger partial charge on any atom is -0.493 e. The average Bonchev–Trinajstić information content (AvgIpc) is 2.83. The monoisotopic (exact) mass is 223 g/mol. The average molecular weight is 223 g/mol. The van der Waals surface area contributed by atoms with Gasteiger partial charge in [0.25, 0.3) is 0 Å². The topological polar surface area (TPSA) is 70.1 Å². The number of nitrogens with zero attached hydrogens (tertiary/aromatic N) is 2. The van der Waals surface area contributed by atoms with E-state index in [0.717, 1.165) is 19.3 Å². The van der Waals surface area contributed by atoms with Gasteiger partial charge in [0.05, 0.1) is 13.3 Å². The van der Waals surface area contributed by atoms with Crippen molar-refractivity contribution in [2.45, 2.75) is 25.3 Å². The van der Waals surface area contributed by atoms with Crippen LogP contribution in [0.1, 0.15) is 29.8 Å². The van der Waals surface area contributed by atoms with Crippen LogP contribution in [0.4, 0.5) is 0 Å². The Hall–Kier alpha value is -1.36. The zero-order valence-electron chi connectivity index (χ0n) is 9.64. The molecule has 2 N–H and O–H groups in total. The van der Waals surface area contributed by atoms with Gasteiger partial charge >= 0.3 is 0 Å². The van der Waals surface area contributed by atoms with Crippen LogP contribution >= 0.6 is 0 Å². The Morgan fingerprint density at radius 2 is 2.38 bits per heavy atom. The van der Waals surface area contributed by atoms with Crippen molar-refractivity contribution in [3.05, 3.63) is 11.9 Å². The van der Waals surface area contributed by atoms with Crippen LogP contribution in [0.2, 0.25) is 0 Å². The van der Waals surface area contributed by atoms with Crippen LogP contribution in [0.3, 0.4) is 0 Å². The minimum atomic E-state index is 0.0271. The normalized spacial score (nSPS) is 24.7. The molecule has 0 amide bonds. The molecule has 0 aliphatic heterocycles. The molecule has 0 radical (unpaired) electrons. The molecule has 88 valence electrons. The van der Waals surface area contributed by atoms with Gasteiger partial charge in [-0.3, -0.25) is 9.48 Å². The molecule has 1 aromatic rings. The summed E-state index contributed by atoms with van der Waals surface area (Å²) in [4.78, 5) is 12.3. The van der Waals surface area contributed by atoms with Gasteiger partial charge in [0.2, 0.25) is 0 Å². The van der Waals surface area contributed by atoms with E-state index < -0.39 is 0 Å². The molecule has 0 bridgehead atoms. The number of methoxy groups -OCH3 is 1. The third-order valence-corrected chi connectivity index (χ3v) is 3.20. The molecular formula is C11H17N3O2. The quantitative estimate of drug-likeness (QED) is 0.767. The highest BCUT2D eigenvalue weighted by molar-refractivity contribution is 5.98. The Morgan fingerprint density at radius 3 is 2.94 bits per heavy atom. The fourth-order valence-corrected chi connectivity index (χ4v) is 2.30. The molecule has 1 fully saturated rings. The summed E-state index contributed by atoms with van der Waals surface area (Å²) in [5.74, 6) is 0.678. The summed E-state index contributed by atoms with van der Waals surface area (Å²) < 4.78 is 6.71. The number of hydrogen-bond acceptors (Lipinski definition) is 4. The van der Waals surface area contributed by atoms with Crippen LogP contribution in [0.15, 0.2) is 6.20 Å². The molecule has 0 spiro atoms. The van der Waals surface area contributed by atoms with E-state index in [1.807, 2.05) is 0 Å². The Kier molecular flexibility index (Phi) is 2.96. The predicted molar refractivity (Wildman–Crippen MR) is 59.4 cm³/mol. The van der Waals surface area contributed by atoms with Crippen LogP contribution in [-0.4, -0.2) is 28.7 Å². The maximum Gasteiger partial charge on any atom is 0.187 e. The fraction of sp³-hybridized carbons (Fsp3) is 0.636. The fourth-order valence-electron chi connectivity index (χ4n) is 2.30.